The molecule has 1 aromatic carbocycles. The van der Waals surface area contributed by atoms with Gasteiger partial charge in [-0.3, -0.25) is 14.4 Å². The van der Waals surface area contributed by atoms with Crippen molar-refractivity contribution in [2.45, 2.75) is 51.1 Å². The summed E-state index contributed by atoms with van der Waals surface area (Å²) in [5, 5.41) is 5.46. The van der Waals surface area contributed by atoms with Crippen molar-refractivity contribution in [3.63, 3.8) is 0 Å². The summed E-state index contributed by atoms with van der Waals surface area (Å²) < 4.78 is 1.76. The summed E-state index contributed by atoms with van der Waals surface area (Å²) >= 11 is 0. The average Bonchev–Trinajstić information content (AvgIpc) is 2.73. The zero-order valence-corrected chi connectivity index (χ0v) is 16.2. The molecule has 1 aliphatic rings. The van der Waals surface area contributed by atoms with E-state index in [9.17, 15) is 14.4 Å². The Morgan fingerprint density at radius 1 is 1.00 bits per heavy atom. The smallest absolute Gasteiger partial charge is 0.256 e. The molecule has 1 aromatic heterocycles. The van der Waals surface area contributed by atoms with Crippen LogP contribution >= 0.6 is 0 Å². The predicted octanol–water partition coefficient (Wildman–Crippen LogP) is 2.51. The molecule has 1 fully saturated rings. The van der Waals surface area contributed by atoms with Gasteiger partial charge in [-0.2, -0.15) is 0 Å². The predicted molar refractivity (Wildman–Crippen MR) is 109 cm³/mol. The third-order valence-electron chi connectivity index (χ3n) is 5.24. The molecule has 1 heterocycles. The minimum atomic E-state index is -0.524. The molecular weight excluding hydrogens is 354 g/mol. The van der Waals surface area contributed by atoms with E-state index in [1.54, 1.807) is 10.8 Å². The Balaban J connectivity index is 1.85. The monoisotopic (exact) mass is 381 g/mol. The molecule has 0 saturated heterocycles. The number of nitrogens with one attached hydrogen (secondary N) is 2. The fourth-order valence-electron chi connectivity index (χ4n) is 3.63. The first kappa shape index (κ1) is 19.9. The molecule has 6 nitrogen and oxygen atoms in total. The van der Waals surface area contributed by atoms with E-state index in [-0.39, 0.29) is 17.2 Å². The zero-order chi connectivity index (χ0) is 19.9. The Labute approximate surface area is 165 Å². The van der Waals surface area contributed by atoms with Crippen LogP contribution in [0.1, 0.15) is 58.4 Å². The summed E-state index contributed by atoms with van der Waals surface area (Å²) in [7, 11) is 1.48. The molecule has 1 saturated carbocycles. The van der Waals surface area contributed by atoms with Crippen LogP contribution in [0.3, 0.4) is 0 Å². The second kappa shape index (κ2) is 9.35. The highest BCUT2D eigenvalue weighted by Crippen LogP contribution is 2.17. The molecule has 3 rings (SSSR count). The molecular formula is C22H27N3O3. The Morgan fingerprint density at radius 2 is 1.64 bits per heavy atom. The van der Waals surface area contributed by atoms with Gasteiger partial charge >= 0.3 is 0 Å². The quantitative estimate of drug-likeness (QED) is 0.807. The number of nitrogens with zero attached hydrogens (tertiary/aromatic N) is 1. The van der Waals surface area contributed by atoms with Crippen LogP contribution < -0.4 is 16.1 Å². The number of aryl methyl sites for hydroxylation is 2. The number of pyridine rings is 1. The Hall–Kier alpha value is -2.89. The molecule has 28 heavy (non-hydrogen) atoms. The van der Waals surface area contributed by atoms with Crippen LogP contribution in [0.5, 0.6) is 0 Å². The van der Waals surface area contributed by atoms with E-state index in [4.69, 9.17) is 0 Å². The minimum absolute atomic E-state index is 0.00754. The first-order chi connectivity index (χ1) is 13.6. The molecule has 2 N–H and O–H groups in total. The summed E-state index contributed by atoms with van der Waals surface area (Å²) in [6.07, 6.45) is 9.06. The van der Waals surface area contributed by atoms with Crippen molar-refractivity contribution in [2.75, 3.05) is 7.05 Å². The van der Waals surface area contributed by atoms with Crippen molar-refractivity contribution in [3.8, 4) is 0 Å². The average molecular weight is 381 g/mol. The summed E-state index contributed by atoms with van der Waals surface area (Å²) in [6, 6.07) is 10.1. The minimum Gasteiger partial charge on any atom is -0.355 e. The van der Waals surface area contributed by atoms with Crippen molar-refractivity contribution in [1.29, 1.82) is 0 Å². The molecule has 2 amide bonds. The van der Waals surface area contributed by atoms with Gasteiger partial charge in [0, 0.05) is 32.0 Å². The number of hydrogen-bond donors (Lipinski definition) is 2. The van der Waals surface area contributed by atoms with Crippen molar-refractivity contribution in [1.82, 2.24) is 15.2 Å². The maximum atomic E-state index is 12.8. The second-order valence-electron chi connectivity index (χ2n) is 7.28. The number of carbonyl (C=O) groups is 2. The van der Waals surface area contributed by atoms with Crippen LogP contribution in [0.4, 0.5) is 0 Å². The van der Waals surface area contributed by atoms with Crippen LogP contribution in [-0.2, 0) is 13.0 Å². The second-order valence-corrected chi connectivity index (χ2v) is 7.28. The van der Waals surface area contributed by atoms with Gasteiger partial charge in [0.05, 0.1) is 0 Å². The third kappa shape index (κ3) is 4.88. The Morgan fingerprint density at radius 3 is 2.29 bits per heavy atom. The number of rotatable bonds is 6. The van der Waals surface area contributed by atoms with Gasteiger partial charge in [0.25, 0.3) is 11.8 Å². The van der Waals surface area contributed by atoms with E-state index < -0.39 is 17.2 Å². The van der Waals surface area contributed by atoms with E-state index in [0.717, 1.165) is 37.7 Å². The normalized spacial score (nSPS) is 14.5. The molecule has 1 aliphatic carbocycles. The van der Waals surface area contributed by atoms with Gasteiger partial charge < -0.3 is 15.2 Å². The molecule has 2 aromatic rings. The number of aromatic nitrogens is 1. The largest absolute Gasteiger partial charge is 0.355 e. The summed E-state index contributed by atoms with van der Waals surface area (Å²) in [6.45, 7) is 0.567. The van der Waals surface area contributed by atoms with Gasteiger partial charge in [0.1, 0.15) is 11.1 Å². The van der Waals surface area contributed by atoms with Gasteiger partial charge in [-0.1, -0.05) is 49.6 Å². The van der Waals surface area contributed by atoms with Gasteiger partial charge in [0.15, 0.2) is 0 Å². The standard InChI is InChI=1S/C22H27N3O3/c1-23-21(27)18-14-25(13-12-16-8-4-2-5-9-16)15-19(20(18)26)22(28)24-17-10-6-3-7-11-17/h2,4-5,8-9,14-15,17H,3,6-7,10-13H2,1H3,(H,23,27)(H,24,28). The van der Waals surface area contributed by atoms with Crippen LogP contribution in [0.2, 0.25) is 0 Å². The van der Waals surface area contributed by atoms with Gasteiger partial charge in [0.2, 0.25) is 5.43 Å². The number of benzene rings is 1. The lowest BCUT2D eigenvalue weighted by molar-refractivity contribution is 0.0925. The molecule has 0 spiro atoms. The first-order valence-electron chi connectivity index (χ1n) is 9.89. The van der Waals surface area contributed by atoms with E-state index >= 15 is 0 Å². The van der Waals surface area contributed by atoms with Crippen LogP contribution in [0.15, 0.2) is 47.5 Å². The van der Waals surface area contributed by atoms with Gasteiger partial charge in [-0.05, 0) is 24.8 Å². The zero-order valence-electron chi connectivity index (χ0n) is 16.2. The van der Waals surface area contributed by atoms with E-state index in [0.29, 0.717) is 6.54 Å². The summed E-state index contributed by atoms with van der Waals surface area (Å²) in [5.74, 6) is -0.873. The molecule has 0 bridgehead atoms. The van der Waals surface area contributed by atoms with Gasteiger partial charge in [-0.15, -0.1) is 0 Å². The van der Waals surface area contributed by atoms with Gasteiger partial charge in [-0.25, -0.2) is 0 Å². The number of carbonyl (C=O) groups excluding carboxylic acids is 2. The van der Waals surface area contributed by atoms with Crippen molar-refractivity contribution in [2.24, 2.45) is 0 Å². The van der Waals surface area contributed by atoms with Crippen molar-refractivity contribution in [3.05, 3.63) is 69.6 Å². The van der Waals surface area contributed by atoms with Crippen molar-refractivity contribution >= 4 is 11.8 Å². The van der Waals surface area contributed by atoms with Crippen LogP contribution in [-0.4, -0.2) is 29.5 Å². The molecule has 0 atom stereocenters. The van der Waals surface area contributed by atoms with E-state index in [1.807, 2.05) is 30.3 Å². The fraction of sp³-hybridized carbons (Fsp3) is 0.409. The van der Waals surface area contributed by atoms with Crippen molar-refractivity contribution < 1.29 is 9.59 Å². The molecule has 0 unspecified atom stereocenters. The SMILES string of the molecule is CNC(=O)c1cn(CCc2ccccc2)cc(C(=O)NC2CCCCC2)c1=O. The van der Waals surface area contributed by atoms with Crippen LogP contribution in [0, 0.1) is 0 Å². The Bertz CT molecular complexity index is 884. The fourth-order valence-corrected chi connectivity index (χ4v) is 3.63. The topological polar surface area (TPSA) is 80.2 Å². The molecule has 0 aliphatic heterocycles. The number of hydrogen-bond acceptors (Lipinski definition) is 3. The summed E-state index contributed by atoms with van der Waals surface area (Å²) in [5.41, 5.74) is 0.645. The van der Waals surface area contributed by atoms with E-state index in [1.165, 1.54) is 19.7 Å². The Kier molecular flexibility index (Phi) is 6.63. The third-order valence-corrected chi connectivity index (χ3v) is 5.24. The highest BCUT2D eigenvalue weighted by Gasteiger charge is 2.22. The molecule has 6 heteroatoms. The lowest BCUT2D eigenvalue weighted by atomic mass is 9.95. The highest BCUT2D eigenvalue weighted by molar-refractivity contribution is 5.99. The lowest BCUT2D eigenvalue weighted by Crippen LogP contribution is -2.40. The van der Waals surface area contributed by atoms with Crippen LogP contribution in [0.25, 0.3) is 0 Å². The highest BCUT2D eigenvalue weighted by atomic mass is 16.2. The maximum absolute atomic E-state index is 12.8. The first-order valence-corrected chi connectivity index (χ1v) is 9.89. The molecule has 0 radical (unpaired) electrons. The summed E-state index contributed by atoms with van der Waals surface area (Å²) in [4.78, 5) is 37.7. The number of amides is 2. The molecule has 148 valence electrons. The maximum Gasteiger partial charge on any atom is 0.256 e. The lowest BCUT2D eigenvalue weighted by Gasteiger charge is -2.23. The van der Waals surface area contributed by atoms with E-state index in [2.05, 4.69) is 10.6 Å².